The van der Waals surface area contributed by atoms with Crippen LogP contribution in [0.5, 0.6) is 0 Å². The van der Waals surface area contributed by atoms with E-state index >= 15 is 0 Å². The van der Waals surface area contributed by atoms with Gasteiger partial charge in [0, 0.05) is 18.4 Å². The van der Waals surface area contributed by atoms with E-state index in [0.717, 1.165) is 28.7 Å². The number of nitrogens with one attached hydrogen (secondary N) is 2. The molecule has 1 aliphatic rings. The molecule has 0 radical (unpaired) electrons. The molecule has 3 N–H and O–H groups in total. The number of carbonyl (C=O) groups is 3. The van der Waals surface area contributed by atoms with Gasteiger partial charge in [0.25, 0.3) is 0 Å². The van der Waals surface area contributed by atoms with Crippen LogP contribution in [0.2, 0.25) is 0 Å². The fourth-order valence-electron chi connectivity index (χ4n) is 4.26. The van der Waals surface area contributed by atoms with E-state index in [2.05, 4.69) is 34.9 Å². The predicted molar refractivity (Wildman–Crippen MR) is 126 cm³/mol. The number of carboxylic acids is 1. The van der Waals surface area contributed by atoms with Crippen molar-refractivity contribution in [2.45, 2.75) is 64.0 Å². The maximum absolute atomic E-state index is 12.6. The first-order valence-electron chi connectivity index (χ1n) is 11.4. The van der Waals surface area contributed by atoms with Crippen molar-refractivity contribution in [3.8, 4) is 11.1 Å². The van der Waals surface area contributed by atoms with Crippen LogP contribution in [0.1, 0.15) is 63.5 Å². The molecule has 0 aromatic heterocycles. The van der Waals surface area contributed by atoms with Crippen LogP contribution >= 0.6 is 0 Å². The molecule has 176 valence electrons. The zero-order chi connectivity index (χ0) is 24.0. The van der Waals surface area contributed by atoms with Crippen molar-refractivity contribution in [3.05, 3.63) is 59.7 Å². The van der Waals surface area contributed by atoms with Crippen LogP contribution in [-0.4, -0.2) is 41.3 Å². The highest BCUT2D eigenvalue weighted by atomic mass is 16.5. The van der Waals surface area contributed by atoms with Crippen molar-refractivity contribution in [1.82, 2.24) is 10.6 Å². The number of aliphatic carboxylic acids is 1. The van der Waals surface area contributed by atoms with Gasteiger partial charge in [-0.15, -0.1) is 0 Å². The Bertz CT molecular complexity index is 976. The van der Waals surface area contributed by atoms with E-state index in [4.69, 9.17) is 4.74 Å². The number of ether oxygens (including phenoxy) is 1. The number of benzene rings is 2. The molecule has 2 atom stereocenters. The van der Waals surface area contributed by atoms with Gasteiger partial charge < -0.3 is 20.5 Å². The van der Waals surface area contributed by atoms with Gasteiger partial charge in [0.2, 0.25) is 5.91 Å². The van der Waals surface area contributed by atoms with Crippen LogP contribution in [0.25, 0.3) is 11.1 Å². The highest BCUT2D eigenvalue weighted by Crippen LogP contribution is 2.44. The summed E-state index contributed by atoms with van der Waals surface area (Å²) in [7, 11) is 0. The normalized spacial score (nSPS) is 15.0. The number of amides is 2. The SMILES string of the molecule is CCCC(CC(=O)NC(C)(CC)C(=O)O)NC(=O)OCC1c2ccccc2-c2ccccc21. The van der Waals surface area contributed by atoms with Gasteiger partial charge in [-0.05, 0) is 42.0 Å². The van der Waals surface area contributed by atoms with Crippen LogP contribution < -0.4 is 10.6 Å². The summed E-state index contributed by atoms with van der Waals surface area (Å²) >= 11 is 0. The smallest absolute Gasteiger partial charge is 0.407 e. The third-order valence-electron chi connectivity index (χ3n) is 6.33. The summed E-state index contributed by atoms with van der Waals surface area (Å²) in [5, 5.41) is 14.7. The van der Waals surface area contributed by atoms with Crippen LogP contribution in [0.15, 0.2) is 48.5 Å². The van der Waals surface area contributed by atoms with Crippen LogP contribution in [0.3, 0.4) is 0 Å². The lowest BCUT2D eigenvalue weighted by Crippen LogP contribution is -2.53. The Morgan fingerprint density at radius 1 is 1.03 bits per heavy atom. The van der Waals surface area contributed by atoms with Gasteiger partial charge in [-0.3, -0.25) is 4.79 Å². The van der Waals surface area contributed by atoms with Crippen molar-refractivity contribution >= 4 is 18.0 Å². The lowest BCUT2D eigenvalue weighted by Gasteiger charge is -2.26. The number of carboxylic acid groups (broad SMARTS) is 1. The average Bonchev–Trinajstić information content (AvgIpc) is 3.11. The van der Waals surface area contributed by atoms with Gasteiger partial charge >= 0.3 is 12.1 Å². The Morgan fingerprint density at radius 3 is 2.12 bits per heavy atom. The number of fused-ring (bicyclic) bond motifs is 3. The summed E-state index contributed by atoms with van der Waals surface area (Å²) in [5.74, 6) is -1.55. The zero-order valence-corrected chi connectivity index (χ0v) is 19.4. The summed E-state index contributed by atoms with van der Waals surface area (Å²) in [5.41, 5.74) is 3.23. The molecular weight excluding hydrogens is 420 g/mol. The molecule has 2 aromatic rings. The summed E-state index contributed by atoms with van der Waals surface area (Å²) in [6.07, 6.45) is 0.992. The molecule has 0 spiro atoms. The molecule has 33 heavy (non-hydrogen) atoms. The van der Waals surface area contributed by atoms with E-state index in [1.807, 2.05) is 31.2 Å². The minimum Gasteiger partial charge on any atom is -0.480 e. The van der Waals surface area contributed by atoms with Crippen LogP contribution in [-0.2, 0) is 14.3 Å². The molecule has 2 amide bonds. The second-order valence-electron chi connectivity index (χ2n) is 8.70. The monoisotopic (exact) mass is 452 g/mol. The minimum atomic E-state index is -1.34. The molecule has 0 aliphatic heterocycles. The lowest BCUT2D eigenvalue weighted by atomic mass is 9.98. The molecule has 7 nitrogen and oxygen atoms in total. The highest BCUT2D eigenvalue weighted by molar-refractivity contribution is 5.87. The van der Waals surface area contributed by atoms with Crippen LogP contribution in [0.4, 0.5) is 4.79 Å². The van der Waals surface area contributed by atoms with Crippen LogP contribution in [0, 0.1) is 0 Å². The first-order chi connectivity index (χ1) is 15.8. The summed E-state index contributed by atoms with van der Waals surface area (Å²) in [4.78, 5) is 36.5. The van der Waals surface area contributed by atoms with Crippen molar-refractivity contribution in [2.75, 3.05) is 6.61 Å². The van der Waals surface area contributed by atoms with Gasteiger partial charge in [0.15, 0.2) is 0 Å². The van der Waals surface area contributed by atoms with Crippen molar-refractivity contribution in [3.63, 3.8) is 0 Å². The second-order valence-corrected chi connectivity index (χ2v) is 8.70. The van der Waals surface area contributed by atoms with E-state index in [9.17, 15) is 19.5 Å². The Kier molecular flexibility index (Phi) is 7.74. The number of rotatable bonds is 10. The molecule has 2 aromatic carbocycles. The van der Waals surface area contributed by atoms with Gasteiger partial charge in [-0.1, -0.05) is 68.8 Å². The molecule has 0 fully saturated rings. The number of hydrogen-bond acceptors (Lipinski definition) is 4. The fraction of sp³-hybridized carbons (Fsp3) is 0.423. The Hall–Kier alpha value is -3.35. The highest BCUT2D eigenvalue weighted by Gasteiger charge is 2.33. The van der Waals surface area contributed by atoms with Crippen molar-refractivity contribution < 1.29 is 24.2 Å². The Balaban J connectivity index is 1.61. The van der Waals surface area contributed by atoms with Gasteiger partial charge in [-0.25, -0.2) is 9.59 Å². The first-order valence-corrected chi connectivity index (χ1v) is 11.4. The van der Waals surface area contributed by atoms with Crippen molar-refractivity contribution in [2.24, 2.45) is 0 Å². The molecule has 0 heterocycles. The molecule has 0 saturated heterocycles. The lowest BCUT2D eigenvalue weighted by molar-refractivity contribution is -0.147. The quantitative estimate of drug-likeness (QED) is 0.494. The summed E-state index contributed by atoms with van der Waals surface area (Å²) in [6, 6.07) is 15.8. The number of alkyl carbamates (subject to hydrolysis) is 1. The zero-order valence-electron chi connectivity index (χ0n) is 19.4. The molecule has 3 rings (SSSR count). The van der Waals surface area contributed by atoms with E-state index in [1.165, 1.54) is 6.92 Å². The molecule has 7 heteroatoms. The van der Waals surface area contributed by atoms with Gasteiger partial charge in [0.1, 0.15) is 12.1 Å². The first kappa shape index (κ1) is 24.3. The number of hydrogen-bond donors (Lipinski definition) is 3. The molecule has 0 saturated carbocycles. The average molecular weight is 453 g/mol. The maximum atomic E-state index is 12.6. The summed E-state index contributed by atoms with van der Waals surface area (Å²) < 4.78 is 5.58. The Labute approximate surface area is 194 Å². The number of carbonyl (C=O) groups excluding carboxylic acids is 2. The minimum absolute atomic E-state index is 0.0130. The molecule has 1 aliphatic carbocycles. The molecular formula is C26H32N2O5. The fourth-order valence-corrected chi connectivity index (χ4v) is 4.26. The largest absolute Gasteiger partial charge is 0.480 e. The van der Waals surface area contributed by atoms with Crippen molar-refractivity contribution in [1.29, 1.82) is 0 Å². The topological polar surface area (TPSA) is 105 Å². The van der Waals surface area contributed by atoms with E-state index in [1.54, 1.807) is 6.92 Å². The third kappa shape index (κ3) is 5.53. The molecule has 0 bridgehead atoms. The van der Waals surface area contributed by atoms with Gasteiger partial charge in [-0.2, -0.15) is 0 Å². The third-order valence-corrected chi connectivity index (χ3v) is 6.33. The second kappa shape index (κ2) is 10.5. The van der Waals surface area contributed by atoms with E-state index < -0.39 is 29.6 Å². The standard InChI is InChI=1S/C26H32N2O5/c1-4-10-17(15-23(29)28-26(3,5-2)24(30)31)27-25(32)33-16-22-20-13-8-6-11-18(20)19-12-7-9-14-21(19)22/h6-9,11-14,17,22H,4-5,10,15-16H2,1-3H3,(H,27,32)(H,28,29)(H,30,31). The predicted octanol–water partition coefficient (Wildman–Crippen LogP) is 4.45. The van der Waals surface area contributed by atoms with Gasteiger partial charge in [0.05, 0.1) is 0 Å². The maximum Gasteiger partial charge on any atom is 0.407 e. The Morgan fingerprint density at radius 2 is 1.61 bits per heavy atom. The van der Waals surface area contributed by atoms with E-state index in [0.29, 0.717) is 6.42 Å². The van der Waals surface area contributed by atoms with E-state index in [-0.39, 0.29) is 25.4 Å². The summed E-state index contributed by atoms with van der Waals surface area (Å²) in [6.45, 7) is 5.32. The molecule has 2 unspecified atom stereocenters.